The largest absolute Gasteiger partial charge is 0.309 e. The molecular formula is C58H40N2. The van der Waals surface area contributed by atoms with Crippen LogP contribution >= 0.6 is 0 Å². The van der Waals surface area contributed by atoms with Crippen molar-refractivity contribution in [2.75, 3.05) is 4.90 Å². The molecule has 0 amide bonds. The van der Waals surface area contributed by atoms with Crippen LogP contribution in [0.15, 0.2) is 243 Å². The van der Waals surface area contributed by atoms with Gasteiger partial charge in [-0.2, -0.15) is 0 Å². The van der Waals surface area contributed by atoms with Crippen LogP contribution in [0.25, 0.3) is 82.8 Å². The maximum absolute atomic E-state index is 2.49. The van der Waals surface area contributed by atoms with Crippen LogP contribution in [0, 0.1) is 0 Å². The molecule has 11 rings (SSSR count). The van der Waals surface area contributed by atoms with Crippen LogP contribution in [0.3, 0.4) is 0 Å². The molecule has 11 aromatic rings. The fraction of sp³-hybridized carbons (Fsp3) is 0. The number of fused-ring (bicyclic) bond motifs is 4. The molecule has 0 bridgehead atoms. The highest BCUT2D eigenvalue weighted by Crippen LogP contribution is 2.49. The van der Waals surface area contributed by atoms with E-state index in [2.05, 4.69) is 252 Å². The maximum atomic E-state index is 2.49. The van der Waals surface area contributed by atoms with Crippen LogP contribution in [0.4, 0.5) is 17.1 Å². The lowest BCUT2D eigenvalue weighted by atomic mass is 9.95. The van der Waals surface area contributed by atoms with Crippen molar-refractivity contribution in [1.29, 1.82) is 0 Å². The highest BCUT2D eigenvalue weighted by atomic mass is 15.2. The molecular weight excluding hydrogens is 725 g/mol. The van der Waals surface area contributed by atoms with Gasteiger partial charge in [-0.1, -0.05) is 194 Å². The van der Waals surface area contributed by atoms with Gasteiger partial charge in [0.25, 0.3) is 0 Å². The van der Waals surface area contributed by atoms with Gasteiger partial charge < -0.3 is 9.47 Å². The quantitative estimate of drug-likeness (QED) is 0.150. The zero-order valence-electron chi connectivity index (χ0n) is 33.0. The molecule has 1 heterocycles. The Morgan fingerprint density at radius 2 is 0.767 bits per heavy atom. The Labute approximate surface area is 350 Å². The second-order valence-electron chi connectivity index (χ2n) is 15.3. The summed E-state index contributed by atoms with van der Waals surface area (Å²) in [7, 11) is 0. The number of aromatic nitrogens is 1. The smallest absolute Gasteiger partial charge is 0.0562 e. The highest BCUT2D eigenvalue weighted by Gasteiger charge is 2.25. The summed E-state index contributed by atoms with van der Waals surface area (Å²) < 4.78 is 2.48. The van der Waals surface area contributed by atoms with Gasteiger partial charge in [-0.3, -0.25) is 0 Å². The lowest BCUT2D eigenvalue weighted by molar-refractivity contribution is 1.18. The minimum atomic E-state index is 1.11. The number of anilines is 3. The Hall–Kier alpha value is -7.94. The van der Waals surface area contributed by atoms with Crippen LogP contribution in [0.1, 0.15) is 0 Å². The third-order valence-electron chi connectivity index (χ3n) is 11.8. The van der Waals surface area contributed by atoms with Crippen molar-refractivity contribution in [3.63, 3.8) is 0 Å². The fourth-order valence-electron chi connectivity index (χ4n) is 9.02. The molecule has 0 aliphatic carbocycles. The van der Waals surface area contributed by atoms with Gasteiger partial charge in [-0.25, -0.2) is 0 Å². The molecule has 0 aliphatic heterocycles. The predicted molar refractivity (Wildman–Crippen MR) is 255 cm³/mol. The van der Waals surface area contributed by atoms with Crippen LogP contribution in [0.2, 0.25) is 0 Å². The van der Waals surface area contributed by atoms with Crippen molar-refractivity contribution in [3.05, 3.63) is 243 Å². The van der Waals surface area contributed by atoms with Crippen LogP contribution in [-0.4, -0.2) is 4.57 Å². The molecule has 0 N–H and O–H groups in total. The Bertz CT molecular complexity index is 3230. The summed E-state index contributed by atoms with van der Waals surface area (Å²) in [6.45, 7) is 0. The van der Waals surface area contributed by atoms with Crippen molar-refractivity contribution in [3.8, 4) is 50.2 Å². The topological polar surface area (TPSA) is 8.17 Å². The Morgan fingerprint density at radius 3 is 1.43 bits per heavy atom. The van der Waals surface area contributed by atoms with Gasteiger partial charge >= 0.3 is 0 Å². The SMILES string of the molecule is c1ccc(-c2ccccc2N(c2ccccc2-c2ccccc2)c2cccc3c2c2ccccc2n3-c2ccc(-c3ccc4ccccc4c3)cc2-c2ccccc2)cc1. The monoisotopic (exact) mass is 764 g/mol. The van der Waals surface area contributed by atoms with Crippen molar-refractivity contribution in [1.82, 2.24) is 4.57 Å². The molecule has 282 valence electrons. The summed E-state index contributed by atoms with van der Waals surface area (Å²) in [4.78, 5) is 2.49. The average molecular weight is 765 g/mol. The summed E-state index contributed by atoms with van der Waals surface area (Å²) in [5.74, 6) is 0. The first kappa shape index (κ1) is 35.2. The Morgan fingerprint density at radius 1 is 0.283 bits per heavy atom. The standard InChI is InChI=1S/C58H40N2/c1-4-20-42(21-5-1)48-27-12-15-30-52(48)59(53-31-16-13-28-49(53)43-22-6-2-7-23-43)56-33-18-34-57-58(56)50-29-14-17-32-54(50)60(57)55-38-37-47(40-51(55)44-24-8-3-9-25-44)46-36-35-41-19-10-11-26-45(41)39-46/h1-40H. The van der Waals surface area contributed by atoms with E-state index in [0.29, 0.717) is 0 Å². The van der Waals surface area contributed by atoms with Gasteiger partial charge in [0.1, 0.15) is 0 Å². The molecule has 0 radical (unpaired) electrons. The molecule has 60 heavy (non-hydrogen) atoms. The lowest BCUT2D eigenvalue weighted by Gasteiger charge is -2.30. The first-order chi connectivity index (χ1) is 29.8. The summed E-state index contributed by atoms with van der Waals surface area (Å²) in [6.07, 6.45) is 0. The molecule has 0 saturated heterocycles. The minimum Gasteiger partial charge on any atom is -0.309 e. The molecule has 1 aromatic heterocycles. The van der Waals surface area contributed by atoms with Crippen molar-refractivity contribution in [2.45, 2.75) is 0 Å². The van der Waals surface area contributed by atoms with E-state index < -0.39 is 0 Å². The normalized spacial score (nSPS) is 11.3. The molecule has 2 heteroatoms. The molecule has 0 aliphatic rings. The Kier molecular flexibility index (Phi) is 8.87. The van der Waals surface area contributed by atoms with Crippen LogP contribution < -0.4 is 4.90 Å². The van der Waals surface area contributed by atoms with E-state index in [-0.39, 0.29) is 0 Å². The maximum Gasteiger partial charge on any atom is 0.0562 e. The number of benzene rings is 10. The average Bonchev–Trinajstić information content (AvgIpc) is 3.67. The fourth-order valence-corrected chi connectivity index (χ4v) is 9.02. The summed E-state index contributed by atoms with van der Waals surface area (Å²) in [6, 6.07) is 88.0. The van der Waals surface area contributed by atoms with E-state index >= 15 is 0 Å². The van der Waals surface area contributed by atoms with E-state index in [9.17, 15) is 0 Å². The van der Waals surface area contributed by atoms with E-state index in [1.165, 1.54) is 54.9 Å². The number of para-hydroxylation sites is 3. The molecule has 2 nitrogen and oxygen atoms in total. The second kappa shape index (κ2) is 15.1. The third-order valence-corrected chi connectivity index (χ3v) is 11.8. The van der Waals surface area contributed by atoms with Gasteiger partial charge in [0.15, 0.2) is 0 Å². The van der Waals surface area contributed by atoms with Crippen molar-refractivity contribution in [2.24, 2.45) is 0 Å². The van der Waals surface area contributed by atoms with Crippen molar-refractivity contribution >= 4 is 49.6 Å². The van der Waals surface area contributed by atoms with Gasteiger partial charge in [0.05, 0.1) is 33.8 Å². The Balaban J connectivity index is 1.20. The third kappa shape index (κ3) is 6.14. The lowest BCUT2D eigenvalue weighted by Crippen LogP contribution is -2.13. The first-order valence-corrected chi connectivity index (χ1v) is 20.6. The van der Waals surface area contributed by atoms with Crippen LogP contribution in [0.5, 0.6) is 0 Å². The highest BCUT2D eigenvalue weighted by molar-refractivity contribution is 6.17. The zero-order chi connectivity index (χ0) is 39.8. The van der Waals surface area contributed by atoms with Gasteiger partial charge in [-0.15, -0.1) is 0 Å². The van der Waals surface area contributed by atoms with E-state index in [1.807, 2.05) is 0 Å². The van der Waals surface area contributed by atoms with Crippen molar-refractivity contribution < 1.29 is 0 Å². The first-order valence-electron chi connectivity index (χ1n) is 20.6. The molecule has 0 atom stereocenters. The molecule has 0 saturated carbocycles. The summed E-state index contributed by atoms with van der Waals surface area (Å²) in [5, 5.41) is 4.87. The van der Waals surface area contributed by atoms with E-state index in [0.717, 1.165) is 44.9 Å². The van der Waals surface area contributed by atoms with E-state index in [1.54, 1.807) is 0 Å². The number of hydrogen-bond donors (Lipinski definition) is 0. The van der Waals surface area contributed by atoms with Gasteiger partial charge in [-0.05, 0) is 87.1 Å². The molecule has 0 spiro atoms. The number of rotatable bonds is 8. The van der Waals surface area contributed by atoms with Gasteiger partial charge in [0.2, 0.25) is 0 Å². The van der Waals surface area contributed by atoms with Crippen LogP contribution in [-0.2, 0) is 0 Å². The predicted octanol–water partition coefficient (Wildman–Crippen LogP) is 16.1. The number of nitrogens with zero attached hydrogens (tertiary/aromatic N) is 2. The molecule has 0 unspecified atom stereocenters. The molecule has 0 fully saturated rings. The number of hydrogen-bond acceptors (Lipinski definition) is 1. The molecule has 10 aromatic carbocycles. The summed E-state index contributed by atoms with van der Waals surface area (Å²) in [5.41, 5.74) is 16.2. The van der Waals surface area contributed by atoms with E-state index in [4.69, 9.17) is 0 Å². The summed E-state index contributed by atoms with van der Waals surface area (Å²) >= 11 is 0. The minimum absolute atomic E-state index is 1.11. The second-order valence-corrected chi connectivity index (χ2v) is 15.3. The van der Waals surface area contributed by atoms with Gasteiger partial charge in [0, 0.05) is 27.5 Å². The zero-order valence-corrected chi connectivity index (χ0v) is 33.0.